The Morgan fingerprint density at radius 1 is 0.737 bits per heavy atom. The summed E-state index contributed by atoms with van der Waals surface area (Å²) in [5.74, 6) is 2.37. The normalized spacial score (nSPS) is 13.2. The second-order valence-electron chi connectivity index (χ2n) is 10.8. The molecule has 38 heavy (non-hydrogen) atoms. The number of benzene rings is 4. The molecule has 6 nitrogen and oxygen atoms in total. The van der Waals surface area contributed by atoms with E-state index < -0.39 is 0 Å². The third kappa shape index (κ3) is 3.00. The van der Waals surface area contributed by atoms with Crippen LogP contribution in [-0.4, -0.2) is 30.1 Å². The fourth-order valence-electron chi connectivity index (χ4n) is 6.19. The van der Waals surface area contributed by atoms with Crippen molar-refractivity contribution in [1.82, 2.24) is 30.1 Å². The van der Waals surface area contributed by atoms with Crippen molar-refractivity contribution in [1.29, 1.82) is 0 Å². The molecule has 0 saturated carbocycles. The number of hydrogen-bond acceptors (Lipinski definition) is 4. The number of aromatic nitrogens is 6. The molecule has 1 aliphatic carbocycles. The third-order valence-electron chi connectivity index (χ3n) is 8.08. The van der Waals surface area contributed by atoms with E-state index in [1.807, 2.05) is 19.3 Å². The van der Waals surface area contributed by atoms with E-state index in [2.05, 4.69) is 82.5 Å². The van der Waals surface area contributed by atoms with E-state index in [0.29, 0.717) is 5.92 Å². The summed E-state index contributed by atoms with van der Waals surface area (Å²) in [7, 11) is 0. The molecular formula is C32H26N6. The van der Waals surface area contributed by atoms with E-state index in [1.54, 1.807) is 0 Å². The molecule has 0 spiro atoms. The van der Waals surface area contributed by atoms with E-state index >= 15 is 0 Å². The van der Waals surface area contributed by atoms with Crippen molar-refractivity contribution < 1.29 is 0 Å². The van der Waals surface area contributed by atoms with Gasteiger partial charge < -0.3 is 9.97 Å². The van der Waals surface area contributed by atoms with Gasteiger partial charge in [-0.25, -0.2) is 9.97 Å². The van der Waals surface area contributed by atoms with E-state index in [-0.39, 0.29) is 0 Å². The van der Waals surface area contributed by atoms with Crippen LogP contribution in [0.4, 0.5) is 0 Å². The van der Waals surface area contributed by atoms with Gasteiger partial charge in [-0.05, 0) is 64.7 Å². The standard InChI is InChI=1S/C32H26N6/c1-16(2)32-37-28-11-10-22-21-7-4-18(12-20(21)6-9-23(22)29(28)38-32)19-5-8-24-25(13-19)26-14-33-34-15-27(26)31-30(24)35-17(3)36-31/h4-9,12-16H,10-11H2,1-3H3,(H,35,36)(H,37,38). The minimum atomic E-state index is 0.395. The summed E-state index contributed by atoms with van der Waals surface area (Å²) in [6.07, 6.45) is 5.70. The molecule has 8 rings (SSSR count). The second kappa shape index (κ2) is 7.71. The Hall–Kier alpha value is -4.58. The van der Waals surface area contributed by atoms with E-state index in [9.17, 15) is 0 Å². The third-order valence-corrected chi connectivity index (χ3v) is 8.08. The van der Waals surface area contributed by atoms with E-state index in [1.165, 1.54) is 38.7 Å². The molecule has 3 heterocycles. The summed E-state index contributed by atoms with van der Waals surface area (Å²) in [6.45, 7) is 6.37. The molecule has 0 fully saturated rings. The van der Waals surface area contributed by atoms with Gasteiger partial charge in [-0.3, -0.25) is 0 Å². The van der Waals surface area contributed by atoms with E-state index in [0.717, 1.165) is 62.8 Å². The number of nitrogens with zero attached hydrogens (tertiary/aromatic N) is 4. The predicted octanol–water partition coefficient (Wildman–Crippen LogP) is 7.40. The quantitative estimate of drug-likeness (QED) is 0.245. The molecule has 0 unspecified atom stereocenters. The maximum atomic E-state index is 4.97. The average Bonchev–Trinajstić information content (AvgIpc) is 3.56. The van der Waals surface area contributed by atoms with Crippen LogP contribution in [0.5, 0.6) is 0 Å². The molecule has 0 radical (unpaired) electrons. The summed E-state index contributed by atoms with van der Waals surface area (Å²) in [6, 6.07) is 18.1. The van der Waals surface area contributed by atoms with Crippen molar-refractivity contribution in [3.05, 3.63) is 83.8 Å². The molecule has 7 aromatic rings. The highest BCUT2D eigenvalue weighted by Gasteiger charge is 2.23. The van der Waals surface area contributed by atoms with Gasteiger partial charge in [-0.2, -0.15) is 10.2 Å². The molecule has 1 aliphatic rings. The van der Waals surface area contributed by atoms with Crippen LogP contribution in [0, 0.1) is 6.92 Å². The Bertz CT molecular complexity index is 2080. The number of imidazole rings is 2. The van der Waals surface area contributed by atoms with Crippen molar-refractivity contribution in [3.63, 3.8) is 0 Å². The highest BCUT2D eigenvalue weighted by atomic mass is 15.1. The molecule has 0 atom stereocenters. The molecule has 184 valence electrons. The average molecular weight is 495 g/mol. The minimum absolute atomic E-state index is 0.395. The number of hydrogen-bond donors (Lipinski definition) is 2. The number of rotatable bonds is 2. The highest BCUT2D eigenvalue weighted by molar-refractivity contribution is 6.23. The van der Waals surface area contributed by atoms with Crippen LogP contribution in [0.1, 0.15) is 42.7 Å². The molecule has 0 amide bonds. The first-order chi connectivity index (χ1) is 18.5. The molecular weight excluding hydrogens is 468 g/mol. The monoisotopic (exact) mass is 494 g/mol. The number of nitrogens with one attached hydrogen (secondary N) is 2. The maximum absolute atomic E-state index is 4.97. The molecule has 6 heteroatoms. The van der Waals surface area contributed by atoms with Crippen molar-refractivity contribution in [2.24, 2.45) is 0 Å². The summed E-state index contributed by atoms with van der Waals surface area (Å²) < 4.78 is 0. The Labute approximate surface area is 219 Å². The van der Waals surface area contributed by atoms with E-state index in [4.69, 9.17) is 9.97 Å². The highest BCUT2D eigenvalue weighted by Crippen LogP contribution is 2.39. The van der Waals surface area contributed by atoms with Gasteiger partial charge in [0.2, 0.25) is 0 Å². The van der Waals surface area contributed by atoms with Crippen molar-refractivity contribution in [2.45, 2.75) is 39.5 Å². The van der Waals surface area contributed by atoms with Gasteiger partial charge >= 0.3 is 0 Å². The summed E-state index contributed by atoms with van der Waals surface area (Å²) in [5, 5.41) is 15.3. The summed E-state index contributed by atoms with van der Waals surface area (Å²) >= 11 is 0. The van der Waals surface area contributed by atoms with Gasteiger partial charge in [0.25, 0.3) is 0 Å². The molecule has 0 saturated heterocycles. The smallest absolute Gasteiger partial charge is 0.109 e. The topological polar surface area (TPSA) is 83.1 Å². The van der Waals surface area contributed by atoms with Crippen LogP contribution in [0.3, 0.4) is 0 Å². The number of aromatic amines is 2. The predicted molar refractivity (Wildman–Crippen MR) is 153 cm³/mol. The Balaban J connectivity index is 1.29. The van der Waals surface area contributed by atoms with Crippen molar-refractivity contribution >= 4 is 43.4 Å². The lowest BCUT2D eigenvalue weighted by Crippen LogP contribution is -2.04. The van der Waals surface area contributed by atoms with Gasteiger partial charge in [0, 0.05) is 33.3 Å². The first-order valence-corrected chi connectivity index (χ1v) is 13.2. The Morgan fingerprint density at radius 2 is 1.53 bits per heavy atom. The number of H-pyrrole nitrogens is 2. The molecule has 3 aromatic heterocycles. The lowest BCUT2D eigenvalue weighted by molar-refractivity contribution is 0.787. The van der Waals surface area contributed by atoms with Crippen LogP contribution >= 0.6 is 0 Å². The zero-order valence-electron chi connectivity index (χ0n) is 21.6. The van der Waals surface area contributed by atoms with Crippen LogP contribution in [0.15, 0.2) is 60.9 Å². The molecule has 4 aromatic carbocycles. The number of fused-ring (bicyclic) bond motifs is 11. The largest absolute Gasteiger partial charge is 0.345 e. The zero-order chi connectivity index (χ0) is 25.5. The Kier molecular flexibility index (Phi) is 4.36. The number of aryl methyl sites for hydroxylation is 3. The van der Waals surface area contributed by atoms with Crippen LogP contribution in [0.2, 0.25) is 0 Å². The minimum Gasteiger partial charge on any atom is -0.345 e. The van der Waals surface area contributed by atoms with Crippen LogP contribution < -0.4 is 0 Å². The van der Waals surface area contributed by atoms with Gasteiger partial charge in [-0.1, -0.05) is 50.2 Å². The van der Waals surface area contributed by atoms with Crippen molar-refractivity contribution in [2.75, 3.05) is 0 Å². The van der Waals surface area contributed by atoms with Crippen LogP contribution in [-0.2, 0) is 12.8 Å². The molecule has 0 bridgehead atoms. The van der Waals surface area contributed by atoms with Crippen molar-refractivity contribution in [3.8, 4) is 22.4 Å². The fraction of sp³-hybridized carbons (Fsp3) is 0.188. The van der Waals surface area contributed by atoms with Crippen LogP contribution in [0.25, 0.3) is 65.7 Å². The first-order valence-electron chi connectivity index (χ1n) is 13.2. The lowest BCUT2D eigenvalue weighted by atomic mass is 9.87. The summed E-state index contributed by atoms with van der Waals surface area (Å²) in [4.78, 5) is 16.7. The van der Waals surface area contributed by atoms with Gasteiger partial charge in [0.15, 0.2) is 0 Å². The first kappa shape index (κ1) is 21.5. The lowest BCUT2D eigenvalue weighted by Gasteiger charge is -2.18. The SMILES string of the molecule is Cc1nc2c3cnncc3c3cc(-c4ccc5c6c(ccc5c4)-c4nc(C(C)C)[nH]c4CC6)ccc3c2[nH]1. The Morgan fingerprint density at radius 3 is 2.37 bits per heavy atom. The summed E-state index contributed by atoms with van der Waals surface area (Å²) in [5.41, 5.74) is 9.46. The molecule has 2 N–H and O–H groups in total. The maximum Gasteiger partial charge on any atom is 0.109 e. The molecule has 0 aliphatic heterocycles. The van der Waals surface area contributed by atoms with Gasteiger partial charge in [-0.15, -0.1) is 0 Å². The zero-order valence-corrected chi connectivity index (χ0v) is 21.6. The fourth-order valence-corrected chi connectivity index (χ4v) is 6.19. The van der Waals surface area contributed by atoms with Gasteiger partial charge in [0.05, 0.1) is 29.1 Å². The van der Waals surface area contributed by atoms with Gasteiger partial charge in [0.1, 0.15) is 11.6 Å². The second-order valence-corrected chi connectivity index (χ2v) is 10.8.